The van der Waals surface area contributed by atoms with E-state index in [2.05, 4.69) is 5.32 Å². The number of anilines is 1. The molecule has 0 saturated carbocycles. The second-order valence-electron chi connectivity index (χ2n) is 5.15. The Labute approximate surface area is 149 Å². The van der Waals surface area contributed by atoms with E-state index < -0.39 is 18.0 Å². The zero-order valence-electron chi connectivity index (χ0n) is 13.0. The normalized spacial score (nSPS) is 11.7. The molecular formula is C17H15Cl2NO4. The summed E-state index contributed by atoms with van der Waals surface area (Å²) < 4.78 is 5.61. The number of carboxylic acids is 1. The first-order valence-electron chi connectivity index (χ1n) is 7.04. The van der Waals surface area contributed by atoms with Gasteiger partial charge < -0.3 is 15.2 Å². The van der Waals surface area contributed by atoms with Crippen molar-refractivity contribution in [1.29, 1.82) is 0 Å². The fraction of sp³-hybridized carbons (Fsp3) is 0.176. The number of rotatable bonds is 5. The quantitative estimate of drug-likeness (QED) is 0.820. The Morgan fingerprint density at radius 3 is 2.38 bits per heavy atom. The number of ether oxygens (including phenoxy) is 1. The summed E-state index contributed by atoms with van der Waals surface area (Å²) in [6.07, 6.45) is -0.831. The average Bonchev–Trinajstić information content (AvgIpc) is 2.51. The van der Waals surface area contributed by atoms with Crippen LogP contribution in [0.5, 0.6) is 5.75 Å². The second kappa shape index (κ2) is 7.55. The van der Waals surface area contributed by atoms with E-state index in [-0.39, 0.29) is 16.3 Å². The maximum absolute atomic E-state index is 12.3. The largest absolute Gasteiger partial charge is 0.481 e. The summed E-state index contributed by atoms with van der Waals surface area (Å²) in [7, 11) is 0. The molecule has 7 heteroatoms. The van der Waals surface area contributed by atoms with Gasteiger partial charge in [0.1, 0.15) is 5.75 Å². The molecule has 24 heavy (non-hydrogen) atoms. The van der Waals surface area contributed by atoms with Gasteiger partial charge in [0, 0.05) is 10.0 Å². The van der Waals surface area contributed by atoms with E-state index in [4.69, 9.17) is 27.9 Å². The number of hydrogen-bond acceptors (Lipinski definition) is 3. The Balaban J connectivity index is 2.13. The van der Waals surface area contributed by atoms with Crippen LogP contribution in [-0.2, 0) is 4.79 Å². The fourth-order valence-corrected chi connectivity index (χ4v) is 2.42. The third kappa shape index (κ3) is 4.40. The molecule has 0 aliphatic heterocycles. The topological polar surface area (TPSA) is 75.6 Å². The molecule has 0 saturated heterocycles. The molecule has 0 unspecified atom stereocenters. The smallest absolute Gasteiger partial charge is 0.337 e. The van der Waals surface area contributed by atoms with Crippen molar-refractivity contribution < 1.29 is 19.4 Å². The van der Waals surface area contributed by atoms with Crippen LogP contribution in [0.3, 0.4) is 0 Å². The van der Waals surface area contributed by atoms with Crippen LogP contribution in [-0.4, -0.2) is 23.1 Å². The molecule has 0 bridgehead atoms. The van der Waals surface area contributed by atoms with Crippen LogP contribution in [0.15, 0.2) is 36.4 Å². The zero-order valence-corrected chi connectivity index (χ0v) is 14.5. The van der Waals surface area contributed by atoms with Crippen LogP contribution in [0.1, 0.15) is 22.8 Å². The summed E-state index contributed by atoms with van der Waals surface area (Å²) in [5, 5.41) is 12.6. The number of carboxylic acid groups (broad SMARTS) is 1. The SMILES string of the molecule is Cc1cc(Cl)ccc1O[C@H](C)C(=O)Nc1ccc(Cl)cc1C(=O)O. The molecule has 0 aromatic heterocycles. The van der Waals surface area contributed by atoms with E-state index in [1.807, 2.05) is 6.92 Å². The van der Waals surface area contributed by atoms with Crippen LogP contribution in [0.2, 0.25) is 10.0 Å². The van der Waals surface area contributed by atoms with Gasteiger partial charge in [-0.25, -0.2) is 4.79 Å². The lowest BCUT2D eigenvalue weighted by molar-refractivity contribution is -0.122. The van der Waals surface area contributed by atoms with Crippen molar-refractivity contribution in [3.05, 3.63) is 57.6 Å². The molecule has 0 aliphatic rings. The Kier molecular flexibility index (Phi) is 5.70. The van der Waals surface area contributed by atoms with Gasteiger partial charge in [-0.2, -0.15) is 0 Å². The van der Waals surface area contributed by atoms with Gasteiger partial charge in [0.25, 0.3) is 5.91 Å². The number of aryl methyl sites for hydroxylation is 1. The molecule has 1 atom stereocenters. The van der Waals surface area contributed by atoms with E-state index in [0.29, 0.717) is 10.8 Å². The number of amides is 1. The molecule has 0 radical (unpaired) electrons. The first-order chi connectivity index (χ1) is 11.3. The maximum atomic E-state index is 12.3. The summed E-state index contributed by atoms with van der Waals surface area (Å²) in [4.78, 5) is 23.5. The Bertz CT molecular complexity index is 792. The predicted octanol–water partition coefficient (Wildman–Crippen LogP) is 4.41. The maximum Gasteiger partial charge on any atom is 0.337 e. The number of nitrogens with one attached hydrogen (secondary N) is 1. The molecule has 2 rings (SSSR count). The van der Waals surface area contributed by atoms with Gasteiger partial charge in [-0.1, -0.05) is 23.2 Å². The van der Waals surface area contributed by atoms with E-state index in [1.165, 1.54) is 18.2 Å². The summed E-state index contributed by atoms with van der Waals surface area (Å²) >= 11 is 11.7. The third-order valence-electron chi connectivity index (χ3n) is 3.28. The van der Waals surface area contributed by atoms with Gasteiger partial charge in [-0.3, -0.25) is 4.79 Å². The molecule has 2 aromatic rings. The van der Waals surface area contributed by atoms with Crippen molar-refractivity contribution in [1.82, 2.24) is 0 Å². The van der Waals surface area contributed by atoms with Crippen LogP contribution in [0, 0.1) is 6.92 Å². The highest BCUT2D eigenvalue weighted by Crippen LogP contribution is 2.24. The van der Waals surface area contributed by atoms with E-state index >= 15 is 0 Å². The standard InChI is InChI=1S/C17H15Cl2NO4/c1-9-7-11(18)4-6-15(9)24-10(2)16(21)20-14-5-3-12(19)8-13(14)17(22)23/h3-8,10H,1-2H3,(H,20,21)(H,22,23)/t10-/m1/s1. The molecule has 0 aliphatic carbocycles. The van der Waals surface area contributed by atoms with Crippen molar-refractivity contribution >= 4 is 40.8 Å². The minimum atomic E-state index is -1.19. The highest BCUT2D eigenvalue weighted by atomic mass is 35.5. The lowest BCUT2D eigenvalue weighted by Crippen LogP contribution is -2.31. The summed E-state index contributed by atoms with van der Waals surface area (Å²) in [6.45, 7) is 3.38. The molecule has 1 amide bonds. The molecule has 0 spiro atoms. The highest BCUT2D eigenvalue weighted by Gasteiger charge is 2.19. The monoisotopic (exact) mass is 367 g/mol. The van der Waals surface area contributed by atoms with Gasteiger partial charge in [0.15, 0.2) is 6.10 Å². The van der Waals surface area contributed by atoms with E-state index in [9.17, 15) is 14.7 Å². The first-order valence-corrected chi connectivity index (χ1v) is 7.80. The van der Waals surface area contributed by atoms with E-state index in [0.717, 1.165) is 5.56 Å². The number of hydrogen-bond donors (Lipinski definition) is 2. The number of halogens is 2. The van der Waals surface area contributed by atoms with E-state index in [1.54, 1.807) is 25.1 Å². The second-order valence-corrected chi connectivity index (χ2v) is 6.03. The molecular weight excluding hydrogens is 353 g/mol. The van der Waals surface area contributed by atoms with Gasteiger partial charge >= 0.3 is 5.97 Å². The molecule has 0 fully saturated rings. The number of carbonyl (C=O) groups is 2. The van der Waals surface area contributed by atoms with Gasteiger partial charge in [-0.15, -0.1) is 0 Å². The van der Waals surface area contributed by atoms with Crippen molar-refractivity contribution in [3.8, 4) is 5.75 Å². The minimum absolute atomic E-state index is 0.0919. The van der Waals surface area contributed by atoms with Gasteiger partial charge in [-0.05, 0) is 55.8 Å². The summed E-state index contributed by atoms with van der Waals surface area (Å²) in [5.41, 5.74) is 0.853. The summed E-state index contributed by atoms with van der Waals surface area (Å²) in [5.74, 6) is -1.14. The third-order valence-corrected chi connectivity index (χ3v) is 3.75. The van der Waals surface area contributed by atoms with Crippen LogP contribution in [0.25, 0.3) is 0 Å². The molecule has 126 valence electrons. The Hall–Kier alpha value is -2.24. The number of aromatic carboxylic acids is 1. The molecule has 5 nitrogen and oxygen atoms in total. The number of benzene rings is 2. The minimum Gasteiger partial charge on any atom is -0.481 e. The summed E-state index contributed by atoms with van der Waals surface area (Å²) in [6, 6.07) is 9.27. The van der Waals surface area contributed by atoms with Crippen molar-refractivity contribution in [2.24, 2.45) is 0 Å². The average molecular weight is 368 g/mol. The number of carbonyl (C=O) groups excluding carboxylic acids is 1. The zero-order chi connectivity index (χ0) is 17.9. The predicted molar refractivity (Wildman–Crippen MR) is 93.3 cm³/mol. The molecule has 0 heterocycles. The van der Waals surface area contributed by atoms with Crippen LogP contribution >= 0.6 is 23.2 Å². The van der Waals surface area contributed by atoms with Crippen LogP contribution < -0.4 is 10.1 Å². The van der Waals surface area contributed by atoms with Crippen molar-refractivity contribution in [2.75, 3.05) is 5.32 Å². The Morgan fingerprint density at radius 2 is 1.75 bits per heavy atom. The first kappa shape index (κ1) is 18.1. The fourth-order valence-electron chi connectivity index (χ4n) is 2.03. The van der Waals surface area contributed by atoms with Gasteiger partial charge in [0.2, 0.25) is 0 Å². The lowest BCUT2D eigenvalue weighted by Gasteiger charge is -2.17. The highest BCUT2D eigenvalue weighted by molar-refractivity contribution is 6.31. The molecule has 2 N–H and O–H groups in total. The van der Waals surface area contributed by atoms with Gasteiger partial charge in [0.05, 0.1) is 11.3 Å². The van der Waals surface area contributed by atoms with Crippen molar-refractivity contribution in [2.45, 2.75) is 20.0 Å². The van der Waals surface area contributed by atoms with Crippen LogP contribution in [0.4, 0.5) is 5.69 Å². The lowest BCUT2D eigenvalue weighted by atomic mass is 10.1. The molecule has 2 aromatic carbocycles. The Morgan fingerprint density at radius 1 is 1.12 bits per heavy atom. The van der Waals surface area contributed by atoms with Crippen molar-refractivity contribution in [3.63, 3.8) is 0 Å².